The van der Waals surface area contributed by atoms with Gasteiger partial charge < -0.3 is 10.3 Å². The van der Waals surface area contributed by atoms with Gasteiger partial charge in [-0.25, -0.2) is 18.1 Å². The number of nitrogens with one attached hydrogen (secondary N) is 3. The average molecular weight is 370 g/mol. The maximum atomic E-state index is 12.3. The topological polar surface area (TPSA) is 104 Å². The third-order valence-corrected chi connectivity index (χ3v) is 5.12. The molecule has 0 fully saturated rings. The summed E-state index contributed by atoms with van der Waals surface area (Å²) in [7, 11) is -3.68. The lowest BCUT2D eigenvalue weighted by molar-refractivity contribution is 0.0951. The lowest BCUT2D eigenvalue weighted by atomic mass is 10.2. The summed E-state index contributed by atoms with van der Waals surface area (Å²) in [6, 6.07) is 15.3. The molecule has 8 heteroatoms. The predicted molar refractivity (Wildman–Crippen MR) is 96.7 cm³/mol. The number of imidazole rings is 1. The van der Waals surface area contributed by atoms with Crippen molar-refractivity contribution in [3.63, 3.8) is 0 Å². The predicted octanol–water partition coefficient (Wildman–Crippen LogP) is 1.82. The molecule has 1 heterocycles. The van der Waals surface area contributed by atoms with Crippen LogP contribution in [0.5, 0.6) is 0 Å². The van der Waals surface area contributed by atoms with E-state index in [0.717, 1.165) is 5.56 Å². The molecule has 0 unspecified atom stereocenters. The van der Waals surface area contributed by atoms with Gasteiger partial charge in [-0.3, -0.25) is 4.79 Å². The number of carbonyl (C=O) groups excluding carboxylic acids is 1. The number of hydrogen-bond acceptors (Lipinski definition) is 4. The van der Waals surface area contributed by atoms with Crippen molar-refractivity contribution in [3.8, 4) is 0 Å². The highest BCUT2D eigenvalue weighted by molar-refractivity contribution is 7.89. The second-order valence-corrected chi connectivity index (χ2v) is 7.32. The number of amides is 1. The van der Waals surface area contributed by atoms with Crippen LogP contribution in [-0.4, -0.2) is 24.3 Å². The molecular weight excluding hydrogens is 352 g/mol. The molecule has 1 amide bonds. The van der Waals surface area contributed by atoms with Gasteiger partial charge in [0, 0.05) is 24.5 Å². The summed E-state index contributed by atoms with van der Waals surface area (Å²) < 4.78 is 27.0. The molecule has 0 saturated heterocycles. The van der Waals surface area contributed by atoms with Crippen LogP contribution < -0.4 is 10.0 Å². The van der Waals surface area contributed by atoms with Gasteiger partial charge >= 0.3 is 0 Å². The Hall–Kier alpha value is -2.97. The van der Waals surface area contributed by atoms with E-state index in [1.807, 2.05) is 30.3 Å². The van der Waals surface area contributed by atoms with E-state index in [2.05, 4.69) is 20.0 Å². The highest BCUT2D eigenvalue weighted by Crippen LogP contribution is 2.11. The molecule has 2 aromatic carbocycles. The Kier molecular flexibility index (Phi) is 5.45. The Labute approximate surface area is 151 Å². The van der Waals surface area contributed by atoms with Crippen LogP contribution in [0.2, 0.25) is 0 Å². The Bertz CT molecular complexity index is 953. The molecular formula is C18H18N4O3S. The van der Waals surface area contributed by atoms with Crippen molar-refractivity contribution < 1.29 is 13.2 Å². The average Bonchev–Trinajstić information content (AvgIpc) is 3.19. The molecule has 0 radical (unpaired) electrons. The second kappa shape index (κ2) is 7.94. The molecule has 3 aromatic rings. The fourth-order valence-electron chi connectivity index (χ4n) is 2.31. The van der Waals surface area contributed by atoms with E-state index in [4.69, 9.17) is 0 Å². The first-order valence-corrected chi connectivity index (χ1v) is 9.43. The number of carbonyl (C=O) groups is 1. The molecule has 0 bridgehead atoms. The number of rotatable bonds is 7. The van der Waals surface area contributed by atoms with Crippen molar-refractivity contribution in [2.45, 2.75) is 18.0 Å². The van der Waals surface area contributed by atoms with Crippen LogP contribution in [0, 0.1) is 0 Å². The molecule has 0 atom stereocenters. The third-order valence-electron chi connectivity index (χ3n) is 3.71. The lowest BCUT2D eigenvalue weighted by Crippen LogP contribution is -2.25. The highest BCUT2D eigenvalue weighted by atomic mass is 32.2. The smallest absolute Gasteiger partial charge is 0.251 e. The SMILES string of the molecule is O=C(NCc1ccccc1)c1ccc(S(=O)(=O)NCc2ncc[nH]2)cc1. The third kappa shape index (κ3) is 4.56. The van der Waals surface area contributed by atoms with Crippen LogP contribution in [0.15, 0.2) is 71.9 Å². The molecule has 0 aliphatic heterocycles. The first kappa shape index (κ1) is 17.8. The van der Waals surface area contributed by atoms with Crippen LogP contribution >= 0.6 is 0 Å². The molecule has 134 valence electrons. The van der Waals surface area contributed by atoms with Crippen LogP contribution in [-0.2, 0) is 23.1 Å². The molecule has 1 aromatic heterocycles. The van der Waals surface area contributed by atoms with Gasteiger partial charge in [0.1, 0.15) is 5.82 Å². The van der Waals surface area contributed by atoms with E-state index < -0.39 is 10.0 Å². The summed E-state index contributed by atoms with van der Waals surface area (Å²) in [6.45, 7) is 0.471. The van der Waals surface area contributed by atoms with Gasteiger partial charge in [-0.05, 0) is 29.8 Å². The number of sulfonamides is 1. The summed E-state index contributed by atoms with van der Waals surface area (Å²) in [5.41, 5.74) is 1.38. The van der Waals surface area contributed by atoms with Crippen LogP contribution in [0.25, 0.3) is 0 Å². The van der Waals surface area contributed by atoms with Gasteiger partial charge in [-0.2, -0.15) is 0 Å². The molecule has 0 aliphatic carbocycles. The summed E-state index contributed by atoms with van der Waals surface area (Å²) in [5, 5.41) is 2.80. The number of nitrogens with zero attached hydrogens (tertiary/aromatic N) is 1. The van der Waals surface area contributed by atoms with Gasteiger partial charge in [0.05, 0.1) is 11.4 Å². The fourth-order valence-corrected chi connectivity index (χ4v) is 3.29. The minimum Gasteiger partial charge on any atom is -0.348 e. The van der Waals surface area contributed by atoms with Crippen LogP contribution in [0.1, 0.15) is 21.7 Å². The number of H-pyrrole nitrogens is 1. The Balaban J connectivity index is 1.61. The second-order valence-electron chi connectivity index (χ2n) is 5.55. The van der Waals surface area contributed by atoms with E-state index in [0.29, 0.717) is 17.9 Å². The van der Waals surface area contributed by atoms with Gasteiger partial charge in [-0.15, -0.1) is 0 Å². The molecule has 7 nitrogen and oxygen atoms in total. The maximum absolute atomic E-state index is 12.3. The molecule has 3 N–H and O–H groups in total. The van der Waals surface area contributed by atoms with Crippen molar-refractivity contribution in [1.82, 2.24) is 20.0 Å². The Morgan fingerprint density at radius 1 is 1.00 bits per heavy atom. The van der Waals surface area contributed by atoms with E-state index >= 15 is 0 Å². The summed E-state index contributed by atoms with van der Waals surface area (Å²) in [5.74, 6) is 0.256. The lowest BCUT2D eigenvalue weighted by Gasteiger charge is -2.08. The minimum absolute atomic E-state index is 0.0641. The Morgan fingerprint density at radius 3 is 2.38 bits per heavy atom. The zero-order valence-corrected chi connectivity index (χ0v) is 14.7. The fraction of sp³-hybridized carbons (Fsp3) is 0.111. The van der Waals surface area contributed by atoms with E-state index in [-0.39, 0.29) is 17.3 Å². The number of benzene rings is 2. The zero-order valence-electron chi connectivity index (χ0n) is 13.8. The van der Waals surface area contributed by atoms with Crippen LogP contribution in [0.3, 0.4) is 0 Å². The summed E-state index contributed by atoms with van der Waals surface area (Å²) in [6.07, 6.45) is 3.17. The van der Waals surface area contributed by atoms with Crippen LogP contribution in [0.4, 0.5) is 0 Å². The van der Waals surface area contributed by atoms with Gasteiger partial charge in [0.25, 0.3) is 5.91 Å². The molecule has 3 rings (SSSR count). The minimum atomic E-state index is -3.68. The highest BCUT2D eigenvalue weighted by Gasteiger charge is 2.15. The number of hydrogen-bond donors (Lipinski definition) is 3. The molecule has 0 saturated carbocycles. The summed E-state index contributed by atoms with van der Waals surface area (Å²) >= 11 is 0. The van der Waals surface area contributed by atoms with E-state index in [9.17, 15) is 13.2 Å². The zero-order chi connectivity index (χ0) is 18.4. The maximum Gasteiger partial charge on any atom is 0.251 e. The largest absolute Gasteiger partial charge is 0.348 e. The Morgan fingerprint density at radius 2 is 1.73 bits per heavy atom. The van der Waals surface area contributed by atoms with E-state index in [1.54, 1.807) is 12.4 Å². The van der Waals surface area contributed by atoms with Gasteiger partial charge in [0.15, 0.2) is 0 Å². The van der Waals surface area contributed by atoms with Crippen molar-refractivity contribution in [1.29, 1.82) is 0 Å². The van der Waals surface area contributed by atoms with Crippen molar-refractivity contribution in [3.05, 3.63) is 83.9 Å². The first-order valence-electron chi connectivity index (χ1n) is 7.95. The normalized spacial score (nSPS) is 11.2. The summed E-state index contributed by atoms with van der Waals surface area (Å²) in [4.78, 5) is 19.0. The number of aromatic nitrogens is 2. The first-order chi connectivity index (χ1) is 12.5. The molecule has 0 spiro atoms. The van der Waals surface area contributed by atoms with Crippen molar-refractivity contribution in [2.75, 3.05) is 0 Å². The van der Waals surface area contributed by atoms with Gasteiger partial charge in [0.2, 0.25) is 10.0 Å². The van der Waals surface area contributed by atoms with E-state index in [1.165, 1.54) is 24.3 Å². The quantitative estimate of drug-likeness (QED) is 0.590. The van der Waals surface area contributed by atoms with Gasteiger partial charge in [-0.1, -0.05) is 30.3 Å². The standard InChI is InChI=1S/C18H18N4O3S/c23-18(21-12-14-4-2-1-3-5-14)15-6-8-16(9-7-15)26(24,25)22-13-17-19-10-11-20-17/h1-11,22H,12-13H2,(H,19,20)(H,21,23). The molecule has 26 heavy (non-hydrogen) atoms. The molecule has 0 aliphatic rings. The van der Waals surface area contributed by atoms with Crippen molar-refractivity contribution in [2.24, 2.45) is 0 Å². The number of aromatic amines is 1. The van der Waals surface area contributed by atoms with Crippen molar-refractivity contribution >= 4 is 15.9 Å². The monoisotopic (exact) mass is 370 g/mol.